The molecule has 6 heteroatoms. The normalized spacial score (nSPS) is 26.3. The van der Waals surface area contributed by atoms with Gasteiger partial charge < -0.3 is 4.90 Å². The van der Waals surface area contributed by atoms with Crippen molar-refractivity contribution in [2.75, 3.05) is 32.7 Å². The van der Waals surface area contributed by atoms with Crippen LogP contribution in [0.15, 0.2) is 30.3 Å². The quantitative estimate of drug-likeness (QED) is 0.745. The predicted octanol–water partition coefficient (Wildman–Crippen LogP) is 1.90. The molecule has 1 saturated carbocycles. The van der Waals surface area contributed by atoms with Crippen molar-refractivity contribution in [2.24, 2.45) is 11.8 Å². The van der Waals surface area contributed by atoms with E-state index >= 15 is 0 Å². The first-order chi connectivity index (χ1) is 13.6. The molecular weight excluding hydrogens is 354 g/mol. The first-order valence-corrected chi connectivity index (χ1v) is 10.5. The fourth-order valence-corrected chi connectivity index (χ4v) is 4.84. The van der Waals surface area contributed by atoms with E-state index in [0.29, 0.717) is 13.1 Å². The van der Waals surface area contributed by atoms with E-state index in [2.05, 4.69) is 17.0 Å². The van der Waals surface area contributed by atoms with Crippen molar-refractivity contribution in [1.29, 1.82) is 0 Å². The van der Waals surface area contributed by atoms with Crippen LogP contribution in [0.4, 0.5) is 0 Å². The van der Waals surface area contributed by atoms with Crippen molar-refractivity contribution in [3.05, 3.63) is 35.9 Å². The lowest BCUT2D eigenvalue weighted by Crippen LogP contribution is -2.44. The van der Waals surface area contributed by atoms with Crippen LogP contribution in [0.5, 0.6) is 0 Å². The van der Waals surface area contributed by atoms with E-state index in [1.165, 1.54) is 10.5 Å². The minimum absolute atomic E-state index is 0.0800. The van der Waals surface area contributed by atoms with Crippen molar-refractivity contribution < 1.29 is 14.4 Å². The molecule has 2 aliphatic heterocycles. The van der Waals surface area contributed by atoms with Crippen LogP contribution in [0.1, 0.15) is 37.7 Å². The fraction of sp³-hybridized carbons (Fsp3) is 0.591. The van der Waals surface area contributed by atoms with Gasteiger partial charge in [-0.05, 0) is 24.8 Å². The highest BCUT2D eigenvalue weighted by molar-refractivity contribution is 6.07. The van der Waals surface area contributed by atoms with Crippen LogP contribution in [0, 0.1) is 11.8 Å². The van der Waals surface area contributed by atoms with Crippen LogP contribution in [0.25, 0.3) is 0 Å². The number of amides is 3. The molecule has 0 bridgehead atoms. The number of carbonyl (C=O) groups is 3. The van der Waals surface area contributed by atoms with E-state index in [4.69, 9.17) is 0 Å². The van der Waals surface area contributed by atoms with Gasteiger partial charge in [-0.3, -0.25) is 24.2 Å². The standard InChI is InChI=1S/C22H29N3O3/c26-20(16-25-21(27)18-9-4-5-10-19(18)22(25)28)24-12-6-11-23(13-14-24)15-17-7-2-1-3-8-17/h1-3,7-8,18-19H,4-6,9-16H2. The molecule has 0 spiro atoms. The third-order valence-corrected chi connectivity index (χ3v) is 6.42. The Morgan fingerprint density at radius 2 is 1.54 bits per heavy atom. The molecule has 2 saturated heterocycles. The Morgan fingerprint density at radius 3 is 2.21 bits per heavy atom. The molecule has 3 aliphatic rings. The van der Waals surface area contributed by atoms with E-state index in [1.807, 2.05) is 23.1 Å². The summed E-state index contributed by atoms with van der Waals surface area (Å²) in [6.45, 7) is 3.90. The summed E-state index contributed by atoms with van der Waals surface area (Å²) in [7, 11) is 0. The number of hydrogen-bond donors (Lipinski definition) is 0. The fourth-order valence-electron chi connectivity index (χ4n) is 4.84. The van der Waals surface area contributed by atoms with Gasteiger partial charge >= 0.3 is 0 Å². The average molecular weight is 383 g/mol. The van der Waals surface area contributed by atoms with Crippen LogP contribution in [0.3, 0.4) is 0 Å². The van der Waals surface area contributed by atoms with Gasteiger partial charge in [0.2, 0.25) is 17.7 Å². The predicted molar refractivity (Wildman–Crippen MR) is 105 cm³/mol. The monoisotopic (exact) mass is 383 g/mol. The number of imide groups is 1. The maximum Gasteiger partial charge on any atom is 0.242 e. The van der Waals surface area contributed by atoms with Crippen molar-refractivity contribution in [3.63, 3.8) is 0 Å². The van der Waals surface area contributed by atoms with Gasteiger partial charge in [0.15, 0.2) is 0 Å². The Morgan fingerprint density at radius 1 is 0.857 bits per heavy atom. The number of benzene rings is 1. The molecule has 4 rings (SSSR count). The van der Waals surface area contributed by atoms with Crippen molar-refractivity contribution >= 4 is 17.7 Å². The van der Waals surface area contributed by atoms with E-state index in [-0.39, 0.29) is 36.1 Å². The summed E-state index contributed by atoms with van der Waals surface area (Å²) in [5.74, 6) is -0.701. The zero-order valence-corrected chi connectivity index (χ0v) is 16.4. The summed E-state index contributed by atoms with van der Waals surface area (Å²) in [5, 5.41) is 0. The van der Waals surface area contributed by atoms with Gasteiger partial charge in [-0.1, -0.05) is 43.2 Å². The molecule has 1 aromatic carbocycles. The second-order valence-corrected chi connectivity index (χ2v) is 8.26. The van der Waals surface area contributed by atoms with Crippen LogP contribution in [-0.4, -0.2) is 65.1 Å². The number of fused-ring (bicyclic) bond motifs is 1. The molecule has 0 radical (unpaired) electrons. The minimum atomic E-state index is -0.181. The summed E-state index contributed by atoms with van der Waals surface area (Å²) in [5.41, 5.74) is 1.28. The second-order valence-electron chi connectivity index (χ2n) is 8.26. The summed E-state index contributed by atoms with van der Waals surface area (Å²) >= 11 is 0. The molecule has 3 amide bonds. The maximum absolute atomic E-state index is 12.8. The lowest BCUT2D eigenvalue weighted by atomic mass is 9.81. The molecule has 28 heavy (non-hydrogen) atoms. The van der Waals surface area contributed by atoms with Gasteiger partial charge in [-0.25, -0.2) is 0 Å². The summed E-state index contributed by atoms with van der Waals surface area (Å²) in [6, 6.07) is 10.4. The van der Waals surface area contributed by atoms with E-state index < -0.39 is 0 Å². The first-order valence-electron chi connectivity index (χ1n) is 10.5. The van der Waals surface area contributed by atoms with Crippen LogP contribution in [-0.2, 0) is 20.9 Å². The lowest BCUT2D eigenvalue weighted by Gasteiger charge is -2.24. The van der Waals surface area contributed by atoms with Crippen LogP contribution < -0.4 is 0 Å². The number of likely N-dealkylation sites (tertiary alicyclic amines) is 1. The van der Waals surface area contributed by atoms with Crippen LogP contribution >= 0.6 is 0 Å². The second kappa shape index (κ2) is 8.43. The van der Waals surface area contributed by atoms with E-state index in [1.54, 1.807) is 0 Å². The summed E-state index contributed by atoms with van der Waals surface area (Å²) in [4.78, 5) is 43.5. The molecule has 6 nitrogen and oxygen atoms in total. The summed E-state index contributed by atoms with van der Waals surface area (Å²) in [6.07, 6.45) is 4.50. The molecule has 2 atom stereocenters. The molecule has 0 N–H and O–H groups in total. The lowest BCUT2D eigenvalue weighted by molar-refractivity contribution is -0.146. The van der Waals surface area contributed by atoms with Gasteiger partial charge in [0.05, 0.1) is 11.8 Å². The smallest absolute Gasteiger partial charge is 0.242 e. The molecule has 3 fully saturated rings. The van der Waals surface area contributed by atoms with Gasteiger partial charge in [-0.15, -0.1) is 0 Å². The van der Waals surface area contributed by atoms with Gasteiger partial charge in [-0.2, -0.15) is 0 Å². The first kappa shape index (κ1) is 19.1. The van der Waals surface area contributed by atoms with Gasteiger partial charge in [0.25, 0.3) is 0 Å². The highest BCUT2D eigenvalue weighted by Crippen LogP contribution is 2.37. The Kier molecular flexibility index (Phi) is 5.76. The Bertz CT molecular complexity index is 712. The average Bonchev–Trinajstić information content (AvgIpc) is 2.88. The SMILES string of the molecule is O=C(CN1C(=O)C2CCCCC2C1=O)N1CCCN(Cc2ccccc2)CC1. The minimum Gasteiger partial charge on any atom is -0.340 e. The van der Waals surface area contributed by atoms with Crippen LogP contribution in [0.2, 0.25) is 0 Å². The molecular formula is C22H29N3O3. The molecule has 1 aliphatic carbocycles. The Balaban J connectivity index is 1.32. The highest BCUT2D eigenvalue weighted by Gasteiger charge is 2.48. The topological polar surface area (TPSA) is 60.9 Å². The van der Waals surface area contributed by atoms with Crippen molar-refractivity contribution in [1.82, 2.24) is 14.7 Å². The van der Waals surface area contributed by atoms with Gasteiger partial charge in [0, 0.05) is 32.7 Å². The maximum atomic E-state index is 12.8. The zero-order valence-electron chi connectivity index (χ0n) is 16.4. The van der Waals surface area contributed by atoms with Gasteiger partial charge in [0.1, 0.15) is 6.54 Å². The Labute approximate surface area is 166 Å². The number of hydrogen-bond acceptors (Lipinski definition) is 4. The molecule has 2 unspecified atom stereocenters. The van der Waals surface area contributed by atoms with E-state index in [0.717, 1.165) is 51.7 Å². The number of rotatable bonds is 4. The highest BCUT2D eigenvalue weighted by atomic mass is 16.2. The molecule has 150 valence electrons. The molecule has 1 aromatic rings. The Hall–Kier alpha value is -2.21. The van der Waals surface area contributed by atoms with Crippen molar-refractivity contribution in [3.8, 4) is 0 Å². The zero-order chi connectivity index (χ0) is 19.5. The number of nitrogens with zero attached hydrogens (tertiary/aromatic N) is 3. The molecule has 2 heterocycles. The summed E-state index contributed by atoms with van der Waals surface area (Å²) < 4.78 is 0. The van der Waals surface area contributed by atoms with E-state index in [9.17, 15) is 14.4 Å². The third-order valence-electron chi connectivity index (χ3n) is 6.42. The molecule has 0 aromatic heterocycles. The number of carbonyl (C=O) groups excluding carboxylic acids is 3. The van der Waals surface area contributed by atoms with Crippen molar-refractivity contribution in [2.45, 2.75) is 38.6 Å². The third kappa shape index (κ3) is 3.97. The largest absolute Gasteiger partial charge is 0.340 e.